The summed E-state index contributed by atoms with van der Waals surface area (Å²) in [6.45, 7) is 4.97. The van der Waals surface area contributed by atoms with Gasteiger partial charge in [0.25, 0.3) is 0 Å². The van der Waals surface area contributed by atoms with E-state index in [0.29, 0.717) is 47.7 Å². The van der Waals surface area contributed by atoms with Crippen molar-refractivity contribution < 1.29 is 66.5 Å². The van der Waals surface area contributed by atoms with Crippen LogP contribution in [-0.2, 0) is 9.47 Å². The van der Waals surface area contributed by atoms with Crippen molar-refractivity contribution in [2.24, 2.45) is 0 Å². The maximum atomic E-state index is 13.0. The monoisotopic (exact) mass is 926 g/mol. The van der Waals surface area contributed by atoms with Crippen LogP contribution in [0.25, 0.3) is 11.1 Å². The highest BCUT2D eigenvalue weighted by atomic mass is 16.6. The Labute approximate surface area is 395 Å². The van der Waals surface area contributed by atoms with Gasteiger partial charge in [0.1, 0.15) is 57.1 Å². The molecule has 6 aromatic rings. The van der Waals surface area contributed by atoms with Crippen molar-refractivity contribution in [2.45, 2.75) is 51.7 Å². The number of esters is 4. The summed E-state index contributed by atoms with van der Waals surface area (Å²) in [7, 11) is 6.26. The molecule has 0 N–H and O–H groups in total. The standard InChI is InChI=1S/C54H54O14/c1-35(59-3)9-7-31-63-45-27-29-47(49(33-45)61-5)53(57)67-43-23-15-39(16-24-43)51(55)65-41-19-11-37(12-20-41)38-13-21-42(22-14-38)66-52(56)40-17-25-44(26-18-40)68-54(58)48-30-28-46(34-50(48)62-6)64-32-8-10-36(2)60-4/h11-30,33-36H,7-10,31-32H2,1-6H3. The fourth-order valence-electron chi connectivity index (χ4n) is 6.62. The van der Waals surface area contributed by atoms with E-state index in [1.54, 1.807) is 99.1 Å². The molecule has 14 heteroatoms. The number of methoxy groups -OCH3 is 4. The Balaban J connectivity index is 0.952. The fraction of sp³-hybridized carbons (Fsp3) is 0.259. The van der Waals surface area contributed by atoms with Gasteiger partial charge in [-0.25, -0.2) is 19.2 Å². The second-order valence-electron chi connectivity index (χ2n) is 15.5. The zero-order valence-corrected chi connectivity index (χ0v) is 38.8. The zero-order valence-electron chi connectivity index (χ0n) is 38.8. The maximum absolute atomic E-state index is 13.0. The van der Waals surface area contributed by atoms with Gasteiger partial charge in [-0.15, -0.1) is 0 Å². The molecule has 0 radical (unpaired) electrons. The molecule has 0 aliphatic heterocycles. The minimum atomic E-state index is -0.634. The van der Waals surface area contributed by atoms with Gasteiger partial charge in [-0.05, 0) is 148 Å². The first-order valence-electron chi connectivity index (χ1n) is 21.9. The second-order valence-corrected chi connectivity index (χ2v) is 15.5. The molecular formula is C54H54O14. The molecule has 0 saturated carbocycles. The van der Waals surface area contributed by atoms with Gasteiger partial charge < -0.3 is 47.4 Å². The summed E-state index contributed by atoms with van der Waals surface area (Å²) in [5, 5.41) is 0. The number of carbonyl (C=O) groups excluding carboxylic acids is 4. The molecule has 2 unspecified atom stereocenters. The third-order valence-electron chi connectivity index (χ3n) is 10.7. The highest BCUT2D eigenvalue weighted by Gasteiger charge is 2.19. The van der Waals surface area contributed by atoms with E-state index in [2.05, 4.69) is 0 Å². The van der Waals surface area contributed by atoms with Crippen molar-refractivity contribution in [2.75, 3.05) is 41.7 Å². The highest BCUT2D eigenvalue weighted by Crippen LogP contribution is 2.30. The lowest BCUT2D eigenvalue weighted by Crippen LogP contribution is -2.11. The fourth-order valence-corrected chi connectivity index (χ4v) is 6.62. The summed E-state index contributed by atoms with van der Waals surface area (Å²) in [5.74, 6) is 0.371. The van der Waals surface area contributed by atoms with Crippen LogP contribution in [0.4, 0.5) is 0 Å². The summed E-state index contributed by atoms with van der Waals surface area (Å²) in [4.78, 5) is 52.0. The van der Waals surface area contributed by atoms with Gasteiger partial charge in [-0.1, -0.05) is 24.3 Å². The van der Waals surface area contributed by atoms with Gasteiger partial charge >= 0.3 is 23.9 Å². The lowest BCUT2D eigenvalue weighted by atomic mass is 10.1. The van der Waals surface area contributed by atoms with E-state index in [4.69, 9.17) is 47.4 Å². The van der Waals surface area contributed by atoms with Crippen molar-refractivity contribution in [3.63, 3.8) is 0 Å². The first kappa shape index (κ1) is 49.7. The molecule has 354 valence electrons. The van der Waals surface area contributed by atoms with E-state index in [1.807, 2.05) is 13.8 Å². The second kappa shape index (κ2) is 24.7. The lowest BCUT2D eigenvalue weighted by Gasteiger charge is -2.13. The van der Waals surface area contributed by atoms with Gasteiger partial charge in [0, 0.05) is 26.4 Å². The Kier molecular flexibility index (Phi) is 18.1. The number of carbonyl (C=O) groups is 4. The van der Waals surface area contributed by atoms with E-state index in [0.717, 1.165) is 36.8 Å². The molecule has 0 spiro atoms. The van der Waals surface area contributed by atoms with E-state index in [1.165, 1.54) is 62.8 Å². The minimum absolute atomic E-state index is 0.144. The average molecular weight is 927 g/mol. The Morgan fingerprint density at radius 1 is 0.397 bits per heavy atom. The van der Waals surface area contributed by atoms with E-state index in [-0.39, 0.29) is 46.0 Å². The Morgan fingerprint density at radius 3 is 1.03 bits per heavy atom. The van der Waals surface area contributed by atoms with E-state index >= 15 is 0 Å². The van der Waals surface area contributed by atoms with Crippen LogP contribution in [0.15, 0.2) is 133 Å². The number of hydrogen-bond donors (Lipinski definition) is 0. The molecule has 6 aromatic carbocycles. The van der Waals surface area contributed by atoms with Crippen molar-refractivity contribution in [1.82, 2.24) is 0 Å². The summed E-state index contributed by atoms with van der Waals surface area (Å²) in [5.41, 5.74) is 2.59. The van der Waals surface area contributed by atoms with Crippen LogP contribution in [0.1, 0.15) is 81.0 Å². The summed E-state index contributed by atoms with van der Waals surface area (Å²) in [6, 6.07) is 35.6. The van der Waals surface area contributed by atoms with Crippen LogP contribution in [0.2, 0.25) is 0 Å². The molecule has 6 rings (SSSR count). The number of benzene rings is 6. The Bertz CT molecular complexity index is 2420. The molecule has 14 nitrogen and oxygen atoms in total. The van der Waals surface area contributed by atoms with Crippen LogP contribution in [-0.4, -0.2) is 77.7 Å². The largest absolute Gasteiger partial charge is 0.496 e. The molecule has 0 amide bonds. The smallest absolute Gasteiger partial charge is 0.347 e. The first-order valence-corrected chi connectivity index (χ1v) is 21.9. The Hall–Kier alpha value is -7.68. The molecule has 68 heavy (non-hydrogen) atoms. The molecular weight excluding hydrogens is 873 g/mol. The van der Waals surface area contributed by atoms with Crippen molar-refractivity contribution >= 4 is 23.9 Å². The topological polar surface area (TPSA) is 161 Å². The van der Waals surface area contributed by atoms with Gasteiger partial charge in [-0.2, -0.15) is 0 Å². The van der Waals surface area contributed by atoms with Gasteiger partial charge in [0.2, 0.25) is 0 Å². The molecule has 2 atom stereocenters. The van der Waals surface area contributed by atoms with Crippen LogP contribution in [0.3, 0.4) is 0 Å². The third-order valence-corrected chi connectivity index (χ3v) is 10.7. The summed E-state index contributed by atoms with van der Waals surface area (Å²) in [6.07, 6.45) is 3.62. The molecule has 0 heterocycles. The van der Waals surface area contributed by atoms with Crippen molar-refractivity contribution in [1.29, 1.82) is 0 Å². The van der Waals surface area contributed by atoms with E-state index < -0.39 is 23.9 Å². The predicted octanol–water partition coefficient (Wildman–Crippen LogP) is 10.6. The third kappa shape index (κ3) is 14.2. The van der Waals surface area contributed by atoms with Crippen LogP contribution in [0.5, 0.6) is 46.0 Å². The van der Waals surface area contributed by atoms with Crippen LogP contribution >= 0.6 is 0 Å². The highest BCUT2D eigenvalue weighted by molar-refractivity contribution is 5.96. The predicted molar refractivity (Wildman–Crippen MR) is 253 cm³/mol. The van der Waals surface area contributed by atoms with Crippen molar-refractivity contribution in [3.8, 4) is 57.1 Å². The van der Waals surface area contributed by atoms with Crippen LogP contribution in [0, 0.1) is 0 Å². The van der Waals surface area contributed by atoms with E-state index in [9.17, 15) is 19.2 Å². The quantitative estimate of drug-likeness (QED) is 0.0339. The van der Waals surface area contributed by atoms with Gasteiger partial charge in [0.15, 0.2) is 0 Å². The summed E-state index contributed by atoms with van der Waals surface area (Å²) < 4.78 is 55.2. The molecule has 0 saturated heterocycles. The number of hydrogen-bond acceptors (Lipinski definition) is 14. The molecule has 0 aliphatic rings. The number of ether oxygens (including phenoxy) is 10. The average Bonchev–Trinajstić information content (AvgIpc) is 3.37. The lowest BCUT2D eigenvalue weighted by molar-refractivity contribution is 0.0717. The maximum Gasteiger partial charge on any atom is 0.347 e. The Morgan fingerprint density at radius 2 is 0.706 bits per heavy atom. The molecule has 0 bridgehead atoms. The molecule has 0 fully saturated rings. The number of rotatable bonds is 23. The minimum Gasteiger partial charge on any atom is -0.496 e. The first-order chi connectivity index (χ1) is 33.0. The molecule has 0 aromatic heterocycles. The zero-order chi connectivity index (χ0) is 48.4. The van der Waals surface area contributed by atoms with Gasteiger partial charge in [0.05, 0.1) is 50.8 Å². The summed E-state index contributed by atoms with van der Waals surface area (Å²) >= 11 is 0. The van der Waals surface area contributed by atoms with Crippen molar-refractivity contribution in [3.05, 3.63) is 156 Å². The molecule has 0 aliphatic carbocycles. The van der Waals surface area contributed by atoms with Gasteiger partial charge in [-0.3, -0.25) is 0 Å². The van der Waals surface area contributed by atoms with Crippen LogP contribution < -0.4 is 37.9 Å². The normalized spacial score (nSPS) is 11.7. The SMILES string of the molecule is COc1cc(OCCCC(C)OC)ccc1C(=O)Oc1ccc(C(=O)Oc2ccc(-c3ccc(OC(=O)c4ccc(OC(=O)c5ccc(OCCCC(C)OC)cc5OC)cc4)cc3)cc2)cc1.